The smallest absolute Gasteiger partial charge is 0.276 e. The Balaban J connectivity index is 1.97. The molecule has 0 aliphatic carbocycles. The van der Waals surface area contributed by atoms with Crippen molar-refractivity contribution in [1.29, 1.82) is 0 Å². The van der Waals surface area contributed by atoms with Gasteiger partial charge < -0.3 is 4.74 Å². The highest BCUT2D eigenvalue weighted by molar-refractivity contribution is 9.10. The van der Waals surface area contributed by atoms with Gasteiger partial charge >= 0.3 is 0 Å². The molecule has 0 fully saturated rings. The van der Waals surface area contributed by atoms with Gasteiger partial charge in [0.05, 0.1) is 12.5 Å². The van der Waals surface area contributed by atoms with Gasteiger partial charge in [-0.1, -0.05) is 49.7 Å². The summed E-state index contributed by atoms with van der Waals surface area (Å²) in [5.41, 5.74) is 1.26. The van der Waals surface area contributed by atoms with E-state index in [1.165, 1.54) is 11.8 Å². The third-order valence-electron chi connectivity index (χ3n) is 4.38. The zero-order valence-corrected chi connectivity index (χ0v) is 19.3. The average molecular weight is 536 g/mol. The first-order valence-electron chi connectivity index (χ1n) is 8.66. The van der Waals surface area contributed by atoms with E-state index in [4.69, 9.17) is 14.8 Å². The van der Waals surface area contributed by atoms with Crippen LogP contribution >= 0.6 is 43.6 Å². The molecule has 4 rings (SSSR count). The minimum Gasteiger partial charge on any atom is -0.496 e. The summed E-state index contributed by atoms with van der Waals surface area (Å²) < 4.78 is 7.32. The van der Waals surface area contributed by atoms with Gasteiger partial charge in [-0.15, -0.1) is 11.7 Å². The molecule has 2 aliphatic heterocycles. The third-order valence-corrected chi connectivity index (χ3v) is 6.22. The first-order chi connectivity index (χ1) is 14.0. The fourth-order valence-electron chi connectivity index (χ4n) is 3.16. The second-order valence-corrected chi connectivity index (χ2v) is 9.04. The van der Waals surface area contributed by atoms with Crippen molar-refractivity contribution in [3.05, 3.63) is 74.1 Å². The summed E-state index contributed by atoms with van der Waals surface area (Å²) in [4.78, 5) is 18.0. The van der Waals surface area contributed by atoms with Crippen molar-refractivity contribution < 1.29 is 9.53 Å². The average Bonchev–Trinajstić information content (AvgIpc) is 2.71. The van der Waals surface area contributed by atoms with Crippen LogP contribution in [0.2, 0.25) is 0 Å². The number of hydrogen-bond acceptors (Lipinski definition) is 6. The summed E-state index contributed by atoms with van der Waals surface area (Å²) >= 11 is 8.41. The quantitative estimate of drug-likeness (QED) is 0.610. The van der Waals surface area contributed by atoms with Crippen molar-refractivity contribution in [3.63, 3.8) is 0 Å². The zero-order chi connectivity index (χ0) is 20.5. The van der Waals surface area contributed by atoms with Gasteiger partial charge in [-0.05, 0) is 36.4 Å². The van der Waals surface area contributed by atoms with Crippen LogP contribution in [0.1, 0.15) is 11.7 Å². The topological polar surface area (TPSA) is 66.3 Å². The Labute approximate surface area is 188 Å². The Kier molecular flexibility index (Phi) is 5.80. The van der Waals surface area contributed by atoms with E-state index < -0.39 is 6.17 Å². The Morgan fingerprint density at radius 3 is 2.79 bits per heavy atom. The van der Waals surface area contributed by atoms with Gasteiger partial charge in [-0.25, -0.2) is 5.01 Å². The lowest BCUT2D eigenvalue weighted by atomic mass is 10.1. The lowest BCUT2D eigenvalue weighted by Crippen LogP contribution is -2.50. The lowest BCUT2D eigenvalue weighted by Gasteiger charge is -2.34. The van der Waals surface area contributed by atoms with E-state index in [0.717, 1.165) is 25.1 Å². The maximum absolute atomic E-state index is 13.1. The molecule has 6 nitrogen and oxygen atoms in total. The second kappa shape index (κ2) is 8.33. The number of amides is 1. The Morgan fingerprint density at radius 1 is 1.28 bits per heavy atom. The number of amidine groups is 1. The standard InChI is InChI=1S/C20H16Br2N4O2S/c1-3-8-29-20-24-19(27)17-13-9-11(21)4-6-15(13)23-18(26(17)25-20)14-10-12(22)5-7-16(14)28-2/h3-7,9-10,18H,1,8H2,2H3,(H,24,25,27). The maximum atomic E-state index is 13.1. The van der Waals surface area contributed by atoms with E-state index in [-0.39, 0.29) is 5.91 Å². The molecule has 1 atom stereocenters. The van der Waals surface area contributed by atoms with Gasteiger partial charge in [0.2, 0.25) is 0 Å². The van der Waals surface area contributed by atoms with Gasteiger partial charge in [0.15, 0.2) is 11.3 Å². The molecule has 1 N–H and O–H groups in total. The van der Waals surface area contributed by atoms with Crippen LogP contribution in [0.4, 0.5) is 0 Å². The van der Waals surface area contributed by atoms with Crippen LogP contribution in [0.25, 0.3) is 5.70 Å². The predicted octanol–water partition coefficient (Wildman–Crippen LogP) is 3.28. The summed E-state index contributed by atoms with van der Waals surface area (Å²) in [6, 6.07) is 11.4. The molecule has 2 aromatic carbocycles. The highest BCUT2D eigenvalue weighted by Crippen LogP contribution is 2.37. The minimum atomic E-state index is -0.545. The van der Waals surface area contributed by atoms with Crippen molar-refractivity contribution in [2.45, 2.75) is 6.17 Å². The molecule has 0 spiro atoms. The first-order valence-corrected chi connectivity index (χ1v) is 11.2. The number of methoxy groups -OCH3 is 1. The van der Waals surface area contributed by atoms with Gasteiger partial charge in [-0.3, -0.25) is 15.1 Å². The van der Waals surface area contributed by atoms with E-state index in [1.807, 2.05) is 36.4 Å². The van der Waals surface area contributed by atoms with Gasteiger partial charge in [-0.2, -0.15) is 0 Å². The van der Waals surface area contributed by atoms with Crippen LogP contribution in [0.15, 0.2) is 68.1 Å². The van der Waals surface area contributed by atoms with E-state index in [1.54, 1.807) is 18.2 Å². The van der Waals surface area contributed by atoms with Crippen LogP contribution in [-0.2, 0) is 4.79 Å². The summed E-state index contributed by atoms with van der Waals surface area (Å²) in [7, 11) is 1.61. The third kappa shape index (κ3) is 3.86. The van der Waals surface area contributed by atoms with Crippen molar-refractivity contribution in [1.82, 2.24) is 10.3 Å². The Bertz CT molecular complexity index is 1170. The molecule has 1 unspecified atom stereocenters. The van der Waals surface area contributed by atoms with E-state index in [9.17, 15) is 4.79 Å². The van der Waals surface area contributed by atoms with E-state index in [0.29, 0.717) is 22.4 Å². The van der Waals surface area contributed by atoms with Gasteiger partial charge in [0.1, 0.15) is 11.4 Å². The predicted molar refractivity (Wildman–Crippen MR) is 122 cm³/mol. The normalized spacial score (nSPS) is 17.6. The van der Waals surface area contributed by atoms with Crippen molar-refractivity contribution >= 4 is 60.4 Å². The first kappa shape index (κ1) is 20.2. The molecule has 0 bridgehead atoms. The molecule has 29 heavy (non-hydrogen) atoms. The number of hydrazone groups is 1. The second-order valence-electron chi connectivity index (χ2n) is 6.20. The lowest BCUT2D eigenvalue weighted by molar-refractivity contribution is -0.116. The molecule has 0 saturated heterocycles. The molecular formula is C20H16Br2N4O2S. The summed E-state index contributed by atoms with van der Waals surface area (Å²) in [5, 5.41) is 11.2. The fraction of sp³-hybridized carbons (Fsp3) is 0.150. The van der Waals surface area contributed by atoms with Gasteiger partial charge in [0, 0.05) is 25.5 Å². The summed E-state index contributed by atoms with van der Waals surface area (Å²) in [5.74, 6) is 1.08. The Hall–Kier alpha value is -2.10. The van der Waals surface area contributed by atoms with Crippen molar-refractivity contribution in [3.8, 4) is 5.75 Å². The van der Waals surface area contributed by atoms with Crippen LogP contribution in [-0.4, -0.2) is 28.9 Å². The molecule has 2 aliphatic rings. The van der Waals surface area contributed by atoms with E-state index >= 15 is 0 Å². The number of benzene rings is 2. The monoisotopic (exact) mass is 534 g/mol. The summed E-state index contributed by atoms with van der Waals surface area (Å²) in [6.45, 7) is 3.73. The molecule has 0 radical (unpaired) electrons. The molecule has 9 heteroatoms. The number of nitrogens with one attached hydrogen (secondary N) is 1. The van der Waals surface area contributed by atoms with Gasteiger partial charge in [0.25, 0.3) is 5.91 Å². The number of halogens is 2. The number of rotatable bonds is 4. The Morgan fingerprint density at radius 2 is 2.03 bits per heavy atom. The number of nitrogens with zero attached hydrogens (tertiary/aromatic N) is 3. The number of carbonyl (C=O) groups excluding carboxylic acids is 1. The van der Waals surface area contributed by atoms with Crippen LogP contribution in [0.3, 0.4) is 0 Å². The van der Waals surface area contributed by atoms with Crippen molar-refractivity contribution in [2.24, 2.45) is 10.1 Å². The minimum absolute atomic E-state index is 0.222. The van der Waals surface area contributed by atoms with Crippen LogP contribution in [0.5, 0.6) is 5.75 Å². The van der Waals surface area contributed by atoms with E-state index in [2.05, 4.69) is 43.8 Å². The number of fused-ring (bicyclic) bond motifs is 2. The zero-order valence-electron chi connectivity index (χ0n) is 15.4. The highest BCUT2D eigenvalue weighted by Gasteiger charge is 2.35. The number of carbonyl (C=O) groups is 1. The molecule has 0 saturated carbocycles. The highest BCUT2D eigenvalue weighted by atomic mass is 79.9. The number of ether oxygens (including phenoxy) is 1. The molecule has 2 aromatic rings. The van der Waals surface area contributed by atoms with Crippen LogP contribution in [0, 0.1) is 0 Å². The van der Waals surface area contributed by atoms with Crippen LogP contribution < -0.4 is 20.6 Å². The molecule has 148 valence electrons. The fourth-order valence-corrected chi connectivity index (χ4v) is 4.49. The number of thioether (sulfide) groups is 1. The SMILES string of the molecule is C=CCSC1=NN2C(=c3cc(Br)ccc3=NC2c2cc(Br)ccc2OC)C(=O)N1. The van der Waals surface area contributed by atoms with Crippen molar-refractivity contribution in [2.75, 3.05) is 12.9 Å². The number of hydrogen-bond donors (Lipinski definition) is 1. The molecule has 1 amide bonds. The largest absolute Gasteiger partial charge is 0.496 e. The summed E-state index contributed by atoms with van der Waals surface area (Å²) in [6.07, 6.45) is 1.22. The molecule has 0 aromatic heterocycles. The maximum Gasteiger partial charge on any atom is 0.276 e. The molecule has 2 heterocycles. The molecular weight excluding hydrogens is 520 g/mol.